The first kappa shape index (κ1) is 24.1. The number of carbonyl (C=O) groups is 2. The molecule has 5 nitrogen and oxygen atoms in total. The third kappa shape index (κ3) is 6.43. The molecule has 1 N–H and O–H groups in total. The zero-order valence-corrected chi connectivity index (χ0v) is 19.0. The van der Waals surface area contributed by atoms with E-state index in [1.807, 2.05) is 12.1 Å². The van der Waals surface area contributed by atoms with Crippen molar-refractivity contribution in [2.45, 2.75) is 79.1 Å². The maximum absolute atomic E-state index is 11.9. The molecule has 0 heterocycles. The van der Waals surface area contributed by atoms with Crippen LogP contribution in [-0.4, -0.2) is 23.7 Å². The van der Waals surface area contributed by atoms with Crippen LogP contribution in [0.25, 0.3) is 0 Å². The summed E-state index contributed by atoms with van der Waals surface area (Å²) in [6.45, 7) is 9.26. The molecule has 0 aliphatic heterocycles. The number of unbranched alkanes of at least 4 members (excludes halogenated alkanes) is 2. The van der Waals surface area contributed by atoms with Crippen molar-refractivity contribution < 1.29 is 24.2 Å². The lowest BCUT2D eigenvalue weighted by atomic mass is 9.71. The molecular formula is C25H36O5. The lowest BCUT2D eigenvalue weighted by Gasteiger charge is -2.34. The fourth-order valence-corrected chi connectivity index (χ4v) is 4.36. The van der Waals surface area contributed by atoms with E-state index >= 15 is 0 Å². The molecule has 0 saturated carbocycles. The molecule has 0 amide bonds. The van der Waals surface area contributed by atoms with Gasteiger partial charge in [-0.2, -0.15) is 0 Å². The molecule has 30 heavy (non-hydrogen) atoms. The number of aliphatic hydroxyl groups is 1. The lowest BCUT2D eigenvalue weighted by molar-refractivity contribution is -0.132. The monoisotopic (exact) mass is 416 g/mol. The molecule has 0 aromatic heterocycles. The summed E-state index contributed by atoms with van der Waals surface area (Å²) in [5.74, 6) is 0.672. The smallest absolute Gasteiger partial charge is 0.308 e. The van der Waals surface area contributed by atoms with Gasteiger partial charge in [0.2, 0.25) is 0 Å². The van der Waals surface area contributed by atoms with Crippen molar-refractivity contribution in [1.29, 1.82) is 0 Å². The predicted octanol–water partition coefficient (Wildman–Crippen LogP) is 5.34. The summed E-state index contributed by atoms with van der Waals surface area (Å²) in [6, 6.07) is 3.83. The topological polar surface area (TPSA) is 72.8 Å². The molecule has 0 spiro atoms. The molecule has 5 heteroatoms. The van der Waals surface area contributed by atoms with E-state index in [-0.39, 0.29) is 18.4 Å². The van der Waals surface area contributed by atoms with Crippen molar-refractivity contribution in [1.82, 2.24) is 0 Å². The molecule has 2 atom stereocenters. The van der Waals surface area contributed by atoms with Gasteiger partial charge in [0.15, 0.2) is 0 Å². The van der Waals surface area contributed by atoms with Crippen molar-refractivity contribution in [2.24, 2.45) is 11.8 Å². The van der Waals surface area contributed by atoms with Gasteiger partial charge in [-0.05, 0) is 60.8 Å². The molecule has 166 valence electrons. The zero-order chi connectivity index (χ0) is 22.3. The third-order valence-corrected chi connectivity index (χ3v) is 5.81. The van der Waals surface area contributed by atoms with Crippen LogP contribution in [0.1, 0.15) is 83.8 Å². The Balaban J connectivity index is 2.65. The van der Waals surface area contributed by atoms with Crippen molar-refractivity contribution in [2.75, 3.05) is 6.61 Å². The molecule has 1 aliphatic carbocycles. The number of benzene rings is 1. The minimum Gasteiger partial charge on any atom is -0.426 e. The Bertz CT molecular complexity index is 741. The molecule has 0 fully saturated rings. The Kier molecular flexibility index (Phi) is 9.09. The summed E-state index contributed by atoms with van der Waals surface area (Å²) < 4.78 is 11.3. The highest BCUT2D eigenvalue weighted by atomic mass is 16.5. The van der Waals surface area contributed by atoms with Crippen molar-refractivity contribution in [3.63, 3.8) is 0 Å². The van der Waals surface area contributed by atoms with E-state index in [1.165, 1.54) is 13.8 Å². The molecule has 1 aliphatic rings. The van der Waals surface area contributed by atoms with Gasteiger partial charge in [0.1, 0.15) is 11.5 Å². The normalized spacial score (nSPS) is 18.8. The van der Waals surface area contributed by atoms with Crippen LogP contribution < -0.4 is 9.47 Å². The van der Waals surface area contributed by atoms with Gasteiger partial charge < -0.3 is 14.6 Å². The number of allylic oxidation sites excluding steroid dienone is 1. The molecule has 2 rings (SSSR count). The van der Waals surface area contributed by atoms with E-state index in [9.17, 15) is 14.7 Å². The fraction of sp³-hybridized carbons (Fsp3) is 0.600. The molecule has 1 unspecified atom stereocenters. The van der Waals surface area contributed by atoms with Crippen LogP contribution in [0.4, 0.5) is 0 Å². The second kappa shape index (κ2) is 11.3. The van der Waals surface area contributed by atoms with Crippen LogP contribution >= 0.6 is 0 Å². The summed E-state index contributed by atoms with van der Waals surface area (Å²) in [5, 5.41) is 9.74. The minimum atomic E-state index is -0.404. The first-order valence-electron chi connectivity index (χ1n) is 11.1. The Morgan fingerprint density at radius 1 is 1.10 bits per heavy atom. The average Bonchev–Trinajstić information content (AvgIpc) is 2.66. The quantitative estimate of drug-likeness (QED) is 0.255. The summed E-state index contributed by atoms with van der Waals surface area (Å²) in [4.78, 5) is 23.8. The largest absolute Gasteiger partial charge is 0.426 e. The number of rotatable bonds is 9. The number of aliphatic hydroxyl groups excluding tert-OH is 1. The number of ether oxygens (including phenoxy) is 2. The highest BCUT2D eigenvalue weighted by Gasteiger charge is 2.33. The van der Waals surface area contributed by atoms with Crippen LogP contribution in [0.5, 0.6) is 11.5 Å². The Labute approximate surface area is 180 Å². The maximum Gasteiger partial charge on any atom is 0.308 e. The summed E-state index contributed by atoms with van der Waals surface area (Å²) in [6.07, 6.45) is 7.89. The fourth-order valence-electron chi connectivity index (χ4n) is 4.36. The predicted molar refractivity (Wildman–Crippen MR) is 118 cm³/mol. The molecule has 0 bridgehead atoms. The van der Waals surface area contributed by atoms with Crippen molar-refractivity contribution in [3.8, 4) is 11.5 Å². The Morgan fingerprint density at radius 3 is 2.17 bits per heavy atom. The molecule has 1 aromatic carbocycles. The average molecular weight is 417 g/mol. The zero-order valence-electron chi connectivity index (χ0n) is 19.0. The summed E-state index contributed by atoms with van der Waals surface area (Å²) in [5.41, 5.74) is 2.68. The lowest BCUT2D eigenvalue weighted by Crippen LogP contribution is -2.24. The van der Waals surface area contributed by atoms with Gasteiger partial charge in [0.05, 0.1) is 6.61 Å². The number of carbonyl (C=O) groups excluding carboxylic acids is 2. The first-order valence-corrected chi connectivity index (χ1v) is 11.1. The van der Waals surface area contributed by atoms with Crippen molar-refractivity contribution >= 4 is 11.9 Å². The van der Waals surface area contributed by atoms with E-state index in [4.69, 9.17) is 9.47 Å². The number of hydrogen-bond acceptors (Lipinski definition) is 5. The van der Waals surface area contributed by atoms with E-state index in [1.54, 1.807) is 0 Å². The first-order chi connectivity index (χ1) is 14.3. The van der Waals surface area contributed by atoms with Crippen LogP contribution in [-0.2, 0) is 16.0 Å². The van der Waals surface area contributed by atoms with E-state index in [0.717, 1.165) is 55.2 Å². The van der Waals surface area contributed by atoms with Crippen LogP contribution in [0.15, 0.2) is 23.8 Å². The van der Waals surface area contributed by atoms with Gasteiger partial charge in [-0.15, -0.1) is 0 Å². The second-order valence-electron chi connectivity index (χ2n) is 8.61. The number of hydrogen-bond donors (Lipinski definition) is 1. The SMILES string of the molecule is CCCCCc1cc(OC(C)=O)c(C2C=C(CO)CC[C@H]2C(C)C)c(OC(C)=O)c1. The van der Waals surface area contributed by atoms with Gasteiger partial charge in [0, 0.05) is 25.3 Å². The number of aryl methyl sites for hydroxylation is 1. The maximum atomic E-state index is 11.9. The van der Waals surface area contributed by atoms with Gasteiger partial charge in [-0.3, -0.25) is 9.59 Å². The standard InChI is InChI=1S/C25H36O5/c1-6-7-8-9-19-13-23(29-17(4)27)25(24(14-19)30-18(5)28)22-12-20(15-26)10-11-21(22)16(2)3/h12-14,16,21-22,26H,6-11,15H2,1-5H3/t21-,22?/m0/s1. The highest BCUT2D eigenvalue weighted by Crippen LogP contribution is 2.47. The Morgan fingerprint density at radius 2 is 1.70 bits per heavy atom. The Hall–Kier alpha value is -2.14. The summed E-state index contributed by atoms with van der Waals surface area (Å²) >= 11 is 0. The van der Waals surface area contributed by atoms with Crippen LogP contribution in [0.2, 0.25) is 0 Å². The van der Waals surface area contributed by atoms with E-state index < -0.39 is 11.9 Å². The number of esters is 2. The van der Waals surface area contributed by atoms with Gasteiger partial charge >= 0.3 is 11.9 Å². The van der Waals surface area contributed by atoms with E-state index in [0.29, 0.717) is 17.4 Å². The third-order valence-electron chi connectivity index (χ3n) is 5.81. The summed E-state index contributed by atoms with van der Waals surface area (Å²) in [7, 11) is 0. The van der Waals surface area contributed by atoms with Gasteiger partial charge in [-0.1, -0.05) is 39.7 Å². The second-order valence-corrected chi connectivity index (χ2v) is 8.61. The van der Waals surface area contributed by atoms with Gasteiger partial charge in [0.25, 0.3) is 0 Å². The molecule has 0 radical (unpaired) electrons. The molecular weight excluding hydrogens is 380 g/mol. The molecule has 0 saturated heterocycles. The minimum absolute atomic E-state index is 0.00220. The van der Waals surface area contributed by atoms with Crippen molar-refractivity contribution in [3.05, 3.63) is 34.9 Å². The van der Waals surface area contributed by atoms with Gasteiger partial charge in [-0.25, -0.2) is 0 Å². The van der Waals surface area contributed by atoms with Crippen LogP contribution in [0, 0.1) is 11.8 Å². The van der Waals surface area contributed by atoms with E-state index in [2.05, 4.69) is 26.8 Å². The van der Waals surface area contributed by atoms with Crippen LogP contribution in [0.3, 0.4) is 0 Å². The highest BCUT2D eigenvalue weighted by molar-refractivity contribution is 5.73. The molecule has 1 aromatic rings.